The SMILES string of the molecule is C=CCn1c(=O)c(=O)n(CC(=O)N2CCN(CCC)CC2)c2ccccc21. The molecule has 27 heavy (non-hydrogen) atoms. The van der Waals surface area contributed by atoms with Gasteiger partial charge in [-0.05, 0) is 25.1 Å². The van der Waals surface area contributed by atoms with Crippen LogP contribution in [0.25, 0.3) is 11.0 Å². The zero-order chi connectivity index (χ0) is 19.4. The molecule has 7 nitrogen and oxygen atoms in total. The molecule has 0 radical (unpaired) electrons. The van der Waals surface area contributed by atoms with Gasteiger partial charge in [0.25, 0.3) is 0 Å². The minimum absolute atomic E-state index is 0.114. The fourth-order valence-electron chi connectivity index (χ4n) is 3.61. The summed E-state index contributed by atoms with van der Waals surface area (Å²) >= 11 is 0. The average molecular weight is 370 g/mol. The molecule has 0 N–H and O–H groups in total. The van der Waals surface area contributed by atoms with Crippen molar-refractivity contribution in [2.24, 2.45) is 0 Å². The number of hydrogen-bond acceptors (Lipinski definition) is 4. The second-order valence-electron chi connectivity index (χ2n) is 6.81. The molecule has 0 atom stereocenters. The molecule has 3 rings (SSSR count). The highest BCUT2D eigenvalue weighted by molar-refractivity contribution is 5.80. The highest BCUT2D eigenvalue weighted by Gasteiger charge is 2.22. The van der Waals surface area contributed by atoms with Gasteiger partial charge < -0.3 is 4.90 Å². The van der Waals surface area contributed by atoms with Crippen LogP contribution in [0.3, 0.4) is 0 Å². The lowest BCUT2D eigenvalue weighted by molar-refractivity contribution is -0.133. The topological polar surface area (TPSA) is 67.5 Å². The van der Waals surface area contributed by atoms with Crippen LogP contribution in [0.5, 0.6) is 0 Å². The van der Waals surface area contributed by atoms with Crippen LogP contribution in [0.4, 0.5) is 0 Å². The number of amides is 1. The lowest BCUT2D eigenvalue weighted by Gasteiger charge is -2.34. The zero-order valence-electron chi connectivity index (χ0n) is 15.8. The van der Waals surface area contributed by atoms with Crippen molar-refractivity contribution >= 4 is 16.9 Å². The number of carbonyl (C=O) groups excluding carboxylic acids is 1. The molecule has 7 heteroatoms. The molecule has 1 saturated heterocycles. The molecule has 1 aliphatic heterocycles. The maximum Gasteiger partial charge on any atom is 0.317 e. The Bertz CT molecular complexity index is 952. The van der Waals surface area contributed by atoms with E-state index in [4.69, 9.17) is 0 Å². The number of allylic oxidation sites excluding steroid dienone is 1. The van der Waals surface area contributed by atoms with E-state index in [0.29, 0.717) is 24.1 Å². The smallest absolute Gasteiger partial charge is 0.317 e. The lowest BCUT2D eigenvalue weighted by atomic mass is 10.2. The van der Waals surface area contributed by atoms with E-state index < -0.39 is 11.1 Å². The molecule has 1 amide bonds. The molecular formula is C20H26N4O3. The fourth-order valence-corrected chi connectivity index (χ4v) is 3.61. The number of fused-ring (bicyclic) bond motifs is 1. The number of hydrogen-bond donors (Lipinski definition) is 0. The van der Waals surface area contributed by atoms with E-state index in [0.717, 1.165) is 26.1 Å². The van der Waals surface area contributed by atoms with Crippen LogP contribution in [-0.4, -0.2) is 57.6 Å². The summed E-state index contributed by atoms with van der Waals surface area (Å²) in [6.07, 6.45) is 2.68. The highest BCUT2D eigenvalue weighted by atomic mass is 16.2. The van der Waals surface area contributed by atoms with E-state index >= 15 is 0 Å². The van der Waals surface area contributed by atoms with Gasteiger partial charge in [0, 0.05) is 32.7 Å². The average Bonchev–Trinajstić information content (AvgIpc) is 2.69. The Labute approximate surface area is 158 Å². The molecule has 0 spiro atoms. The number of para-hydroxylation sites is 2. The van der Waals surface area contributed by atoms with Crippen molar-refractivity contribution < 1.29 is 4.79 Å². The molecular weight excluding hydrogens is 344 g/mol. The van der Waals surface area contributed by atoms with E-state index in [1.165, 1.54) is 9.13 Å². The summed E-state index contributed by atoms with van der Waals surface area (Å²) in [5, 5.41) is 0. The lowest BCUT2D eigenvalue weighted by Crippen LogP contribution is -2.51. The van der Waals surface area contributed by atoms with Crippen LogP contribution in [0.1, 0.15) is 13.3 Å². The van der Waals surface area contributed by atoms with Crippen LogP contribution in [0, 0.1) is 0 Å². The third kappa shape index (κ3) is 3.88. The van der Waals surface area contributed by atoms with E-state index in [9.17, 15) is 14.4 Å². The predicted molar refractivity (Wildman–Crippen MR) is 106 cm³/mol. The minimum atomic E-state index is -0.673. The maximum absolute atomic E-state index is 12.8. The van der Waals surface area contributed by atoms with Gasteiger partial charge in [-0.1, -0.05) is 25.1 Å². The zero-order valence-corrected chi connectivity index (χ0v) is 15.8. The summed E-state index contributed by atoms with van der Waals surface area (Å²) in [5.74, 6) is -0.126. The summed E-state index contributed by atoms with van der Waals surface area (Å²) < 4.78 is 2.70. The molecule has 0 unspecified atom stereocenters. The second-order valence-corrected chi connectivity index (χ2v) is 6.81. The predicted octanol–water partition coefficient (Wildman–Crippen LogP) is 0.903. The second kappa shape index (κ2) is 8.35. The number of piperazine rings is 1. The van der Waals surface area contributed by atoms with Crippen LogP contribution < -0.4 is 11.1 Å². The molecule has 1 aliphatic rings. The maximum atomic E-state index is 12.8. The van der Waals surface area contributed by atoms with Gasteiger partial charge in [0.05, 0.1) is 11.0 Å². The summed E-state index contributed by atoms with van der Waals surface area (Å²) in [5.41, 5.74) is -0.0906. The largest absolute Gasteiger partial charge is 0.339 e. The Morgan fingerprint density at radius 1 is 1.04 bits per heavy atom. The third-order valence-electron chi connectivity index (χ3n) is 5.01. The van der Waals surface area contributed by atoms with Crippen molar-refractivity contribution in [3.05, 3.63) is 57.6 Å². The van der Waals surface area contributed by atoms with Gasteiger partial charge in [-0.2, -0.15) is 0 Å². The van der Waals surface area contributed by atoms with E-state index in [-0.39, 0.29) is 19.0 Å². The van der Waals surface area contributed by atoms with Crippen molar-refractivity contribution in [1.29, 1.82) is 0 Å². The first-order chi connectivity index (χ1) is 13.1. The van der Waals surface area contributed by atoms with Crippen LogP contribution in [0.2, 0.25) is 0 Å². The monoisotopic (exact) mass is 370 g/mol. The van der Waals surface area contributed by atoms with Crippen LogP contribution >= 0.6 is 0 Å². The summed E-state index contributed by atoms with van der Waals surface area (Å²) in [4.78, 5) is 42.1. The Balaban J connectivity index is 1.89. The van der Waals surface area contributed by atoms with Gasteiger partial charge in [0.2, 0.25) is 5.91 Å². The van der Waals surface area contributed by atoms with E-state index in [1.54, 1.807) is 29.2 Å². The summed E-state index contributed by atoms with van der Waals surface area (Å²) in [6, 6.07) is 7.16. The summed E-state index contributed by atoms with van der Waals surface area (Å²) in [7, 11) is 0. The Kier molecular flexibility index (Phi) is 5.91. The van der Waals surface area contributed by atoms with Crippen LogP contribution in [-0.2, 0) is 17.9 Å². The van der Waals surface area contributed by atoms with Gasteiger partial charge in [-0.15, -0.1) is 6.58 Å². The Morgan fingerprint density at radius 2 is 1.63 bits per heavy atom. The van der Waals surface area contributed by atoms with Gasteiger partial charge in [-0.3, -0.25) is 28.4 Å². The number of rotatable bonds is 6. The molecule has 144 valence electrons. The van der Waals surface area contributed by atoms with E-state index in [2.05, 4.69) is 18.4 Å². The molecule has 2 aromatic rings. The molecule has 2 heterocycles. The fraction of sp³-hybridized carbons (Fsp3) is 0.450. The molecule has 0 saturated carbocycles. The van der Waals surface area contributed by atoms with Crippen molar-refractivity contribution in [3.63, 3.8) is 0 Å². The van der Waals surface area contributed by atoms with Crippen LogP contribution in [0.15, 0.2) is 46.5 Å². The summed E-state index contributed by atoms with van der Waals surface area (Å²) in [6.45, 7) is 9.96. The van der Waals surface area contributed by atoms with Crippen molar-refractivity contribution in [1.82, 2.24) is 18.9 Å². The first kappa shape index (κ1) is 19.1. The molecule has 1 aromatic heterocycles. The minimum Gasteiger partial charge on any atom is -0.339 e. The van der Waals surface area contributed by atoms with Gasteiger partial charge in [0.15, 0.2) is 0 Å². The Hall–Kier alpha value is -2.67. The van der Waals surface area contributed by atoms with Crippen molar-refractivity contribution in [3.8, 4) is 0 Å². The van der Waals surface area contributed by atoms with Gasteiger partial charge in [-0.25, -0.2) is 0 Å². The standard InChI is InChI=1S/C20H26N4O3/c1-3-9-21-11-13-22(14-12-21)18(25)15-24-17-8-6-5-7-16(17)23(10-4-2)19(26)20(24)27/h4-8H,2-3,9-15H2,1H3. The molecule has 1 aromatic carbocycles. The number of nitrogens with zero attached hydrogens (tertiary/aromatic N) is 4. The number of aromatic nitrogens is 2. The van der Waals surface area contributed by atoms with Gasteiger partial charge >= 0.3 is 11.1 Å². The van der Waals surface area contributed by atoms with Crippen molar-refractivity contribution in [2.75, 3.05) is 32.7 Å². The first-order valence-electron chi connectivity index (χ1n) is 9.40. The van der Waals surface area contributed by atoms with Crippen molar-refractivity contribution in [2.45, 2.75) is 26.4 Å². The third-order valence-corrected chi connectivity index (χ3v) is 5.01. The Morgan fingerprint density at radius 3 is 2.22 bits per heavy atom. The molecule has 0 bridgehead atoms. The number of carbonyl (C=O) groups is 1. The molecule has 1 fully saturated rings. The quantitative estimate of drug-likeness (QED) is 0.560. The first-order valence-corrected chi connectivity index (χ1v) is 9.40. The van der Waals surface area contributed by atoms with E-state index in [1.807, 2.05) is 6.07 Å². The molecule has 0 aliphatic carbocycles. The highest BCUT2D eigenvalue weighted by Crippen LogP contribution is 2.11. The van der Waals surface area contributed by atoms with Gasteiger partial charge in [0.1, 0.15) is 6.54 Å². The number of benzene rings is 1. The normalized spacial score (nSPS) is 15.2.